The van der Waals surface area contributed by atoms with Crippen molar-refractivity contribution in [3.8, 4) is 11.1 Å². The van der Waals surface area contributed by atoms with E-state index in [4.69, 9.17) is 15.2 Å². The zero-order chi connectivity index (χ0) is 36.1. The van der Waals surface area contributed by atoms with Crippen LogP contribution in [-0.2, 0) is 32.2 Å². The lowest BCUT2D eigenvalue weighted by atomic mass is 9.98. The number of nitrogens with two attached hydrogens (primary N) is 1. The summed E-state index contributed by atoms with van der Waals surface area (Å²) in [5.74, 6) is -0.260. The average molecular weight is 705 g/mol. The highest BCUT2D eigenvalue weighted by atomic mass is 16.7. The predicted molar refractivity (Wildman–Crippen MR) is 205 cm³/mol. The van der Waals surface area contributed by atoms with Gasteiger partial charge in [-0.15, -0.1) is 0 Å². The second-order valence-electron chi connectivity index (χ2n) is 14.0. The molecule has 6 rings (SSSR count). The first-order valence-corrected chi connectivity index (χ1v) is 18.8. The Labute approximate surface area is 307 Å². The van der Waals surface area contributed by atoms with E-state index in [1.807, 2.05) is 36.4 Å². The van der Waals surface area contributed by atoms with Crippen LogP contribution in [0.25, 0.3) is 11.1 Å². The third-order valence-electron chi connectivity index (χ3n) is 10.0. The van der Waals surface area contributed by atoms with Crippen LogP contribution in [0.15, 0.2) is 97.1 Å². The van der Waals surface area contributed by atoms with Gasteiger partial charge in [-0.2, -0.15) is 0 Å². The van der Waals surface area contributed by atoms with Gasteiger partial charge in [-0.25, -0.2) is 0 Å². The number of hydrogen-bond acceptors (Lipinski definition) is 7. The molecule has 0 aliphatic carbocycles. The Kier molecular flexibility index (Phi) is 13.5. The molecule has 0 saturated carbocycles. The summed E-state index contributed by atoms with van der Waals surface area (Å²) in [6.45, 7) is 3.55. The molecule has 274 valence electrons. The minimum atomic E-state index is -0.492. The lowest BCUT2D eigenvalue weighted by Crippen LogP contribution is -2.40. The first kappa shape index (κ1) is 37.2. The summed E-state index contributed by atoms with van der Waals surface area (Å²) < 4.78 is 13.3. The van der Waals surface area contributed by atoms with Crippen molar-refractivity contribution in [1.82, 2.24) is 10.2 Å². The monoisotopic (exact) mass is 704 g/mol. The second kappa shape index (κ2) is 18.8. The number of nitrogen functional groups attached to an aromatic ring is 1. The third-order valence-corrected chi connectivity index (χ3v) is 10.0. The summed E-state index contributed by atoms with van der Waals surface area (Å²) in [7, 11) is 0. The quantitative estimate of drug-likeness (QED) is 0.105. The van der Waals surface area contributed by atoms with Crippen LogP contribution in [0.1, 0.15) is 92.4 Å². The van der Waals surface area contributed by atoms with Gasteiger partial charge in [0.25, 0.3) is 0 Å². The molecule has 3 atom stereocenters. The number of carbonyl (C=O) groups is 2. The smallest absolute Gasteiger partial charge is 0.224 e. The van der Waals surface area contributed by atoms with Crippen LogP contribution in [0.5, 0.6) is 0 Å². The predicted octanol–water partition coefficient (Wildman–Crippen LogP) is 7.66. The number of anilines is 2. The highest BCUT2D eigenvalue weighted by Crippen LogP contribution is 2.39. The van der Waals surface area contributed by atoms with E-state index in [9.17, 15) is 14.7 Å². The number of aliphatic hydroxyl groups excluding tert-OH is 1. The number of benzene rings is 4. The van der Waals surface area contributed by atoms with Crippen LogP contribution in [0.4, 0.5) is 11.4 Å². The number of amides is 2. The Morgan fingerprint density at radius 3 is 2.21 bits per heavy atom. The van der Waals surface area contributed by atoms with E-state index in [1.165, 1.54) is 32.1 Å². The molecule has 2 fully saturated rings. The number of hydrogen-bond donors (Lipinski definition) is 4. The number of nitrogens with zero attached hydrogens (tertiary/aromatic N) is 1. The minimum absolute atomic E-state index is 0.0208. The number of nitrogens with one attached hydrogen (secondary N) is 2. The first-order valence-electron chi connectivity index (χ1n) is 18.8. The number of ether oxygens (including phenoxy) is 2. The molecular formula is C43H52N4O5. The van der Waals surface area contributed by atoms with Crippen molar-refractivity contribution < 1.29 is 24.2 Å². The number of rotatable bonds is 13. The third kappa shape index (κ3) is 10.7. The van der Waals surface area contributed by atoms with Gasteiger partial charge in [0.15, 0.2) is 6.29 Å². The molecule has 2 amide bonds. The SMILES string of the molecule is Nc1ccccc1NC(=O)CCCC(=O)NCc1cccc(-c2ccc([C@H]3O[C@@H](CN4CCCCCCC4)C[C@@H](c4ccc(CO)cc4)O3)cc2)c1. The van der Waals surface area contributed by atoms with Crippen LogP contribution < -0.4 is 16.4 Å². The van der Waals surface area contributed by atoms with Gasteiger partial charge in [0, 0.05) is 37.9 Å². The van der Waals surface area contributed by atoms with Crippen LogP contribution in [0.2, 0.25) is 0 Å². The molecule has 0 unspecified atom stereocenters. The van der Waals surface area contributed by atoms with Gasteiger partial charge >= 0.3 is 0 Å². The van der Waals surface area contributed by atoms with E-state index in [-0.39, 0.29) is 43.5 Å². The normalized spacial score (nSPS) is 19.7. The van der Waals surface area contributed by atoms with Crippen LogP contribution in [-0.4, -0.2) is 47.6 Å². The van der Waals surface area contributed by atoms with Crippen LogP contribution >= 0.6 is 0 Å². The molecule has 52 heavy (non-hydrogen) atoms. The van der Waals surface area contributed by atoms with E-state index in [1.54, 1.807) is 12.1 Å². The molecule has 9 nitrogen and oxygen atoms in total. The molecular weight excluding hydrogens is 652 g/mol. The second-order valence-corrected chi connectivity index (χ2v) is 14.0. The highest BCUT2D eigenvalue weighted by Gasteiger charge is 2.33. The molecule has 2 aliphatic heterocycles. The Morgan fingerprint density at radius 2 is 1.46 bits per heavy atom. The summed E-state index contributed by atoms with van der Waals surface area (Å²) in [4.78, 5) is 27.4. The molecule has 5 N–H and O–H groups in total. The van der Waals surface area contributed by atoms with Gasteiger partial charge in [-0.05, 0) is 78.4 Å². The topological polar surface area (TPSA) is 126 Å². The van der Waals surface area contributed by atoms with Crippen molar-refractivity contribution in [3.05, 3.63) is 119 Å². The fraction of sp³-hybridized carbons (Fsp3) is 0.395. The fourth-order valence-corrected chi connectivity index (χ4v) is 7.03. The zero-order valence-corrected chi connectivity index (χ0v) is 30.0. The van der Waals surface area contributed by atoms with Gasteiger partial charge in [0.1, 0.15) is 0 Å². The fourth-order valence-electron chi connectivity index (χ4n) is 7.03. The summed E-state index contributed by atoms with van der Waals surface area (Å²) in [6.07, 6.45) is 7.57. The van der Waals surface area contributed by atoms with Gasteiger partial charge in [0.2, 0.25) is 11.8 Å². The number of likely N-dealkylation sites (tertiary alicyclic amines) is 1. The van der Waals surface area contributed by atoms with E-state index >= 15 is 0 Å². The average Bonchev–Trinajstić information content (AvgIpc) is 3.16. The van der Waals surface area contributed by atoms with E-state index in [2.05, 4.69) is 64.1 Å². The summed E-state index contributed by atoms with van der Waals surface area (Å²) >= 11 is 0. The molecule has 4 aromatic carbocycles. The van der Waals surface area contributed by atoms with E-state index in [0.29, 0.717) is 24.3 Å². The molecule has 2 saturated heterocycles. The van der Waals surface area contributed by atoms with Crippen LogP contribution in [0.3, 0.4) is 0 Å². The van der Waals surface area contributed by atoms with Crippen molar-refractivity contribution in [2.24, 2.45) is 0 Å². The van der Waals surface area contributed by atoms with Crippen molar-refractivity contribution in [2.75, 3.05) is 30.7 Å². The minimum Gasteiger partial charge on any atom is -0.397 e. The van der Waals surface area contributed by atoms with E-state index in [0.717, 1.165) is 59.4 Å². The lowest BCUT2D eigenvalue weighted by Gasteiger charge is -2.38. The Bertz CT molecular complexity index is 1740. The van der Waals surface area contributed by atoms with Crippen molar-refractivity contribution in [1.29, 1.82) is 0 Å². The number of para-hydroxylation sites is 2. The van der Waals surface area contributed by atoms with E-state index < -0.39 is 6.29 Å². The highest BCUT2D eigenvalue weighted by molar-refractivity contribution is 5.94. The maximum Gasteiger partial charge on any atom is 0.224 e. The van der Waals surface area contributed by atoms with Crippen molar-refractivity contribution in [2.45, 2.75) is 89.4 Å². The van der Waals surface area contributed by atoms with Crippen molar-refractivity contribution in [3.63, 3.8) is 0 Å². The number of aliphatic hydroxyl groups is 1. The Hall–Kier alpha value is -4.54. The standard InChI is InChI=1S/C43H52N4O5/c44-38-12-4-5-13-39(38)46-42(50)15-9-14-41(49)45-28-32-10-8-11-36(26-32)33-20-22-35(23-21-33)43-51-37(29-47-24-6-2-1-3-7-25-47)27-40(52-43)34-18-16-31(30-48)17-19-34/h4-5,8,10-13,16-23,26,37,40,43,48H,1-3,6-7,9,14-15,24-25,27-30,44H2,(H,45,49)(H,46,50)/t37-,40+,43+/m1/s1. The summed E-state index contributed by atoms with van der Waals surface area (Å²) in [5.41, 5.74) is 13.1. The molecule has 0 radical (unpaired) electrons. The van der Waals surface area contributed by atoms with Crippen molar-refractivity contribution >= 4 is 23.2 Å². The summed E-state index contributed by atoms with van der Waals surface area (Å²) in [5, 5.41) is 15.3. The maximum atomic E-state index is 12.6. The Morgan fingerprint density at radius 1 is 0.750 bits per heavy atom. The van der Waals surface area contributed by atoms with Gasteiger partial charge in [-0.3, -0.25) is 9.59 Å². The Balaban J connectivity index is 1.04. The maximum absolute atomic E-state index is 12.6. The molecule has 2 heterocycles. The van der Waals surface area contributed by atoms with Gasteiger partial charge in [-0.1, -0.05) is 98.1 Å². The van der Waals surface area contributed by atoms with Crippen LogP contribution in [0, 0.1) is 0 Å². The molecule has 4 aromatic rings. The molecule has 2 aliphatic rings. The largest absolute Gasteiger partial charge is 0.397 e. The van der Waals surface area contributed by atoms with Gasteiger partial charge < -0.3 is 35.8 Å². The molecule has 0 aromatic heterocycles. The molecule has 0 bridgehead atoms. The lowest BCUT2D eigenvalue weighted by molar-refractivity contribution is -0.253. The summed E-state index contributed by atoms with van der Waals surface area (Å²) in [6, 6.07) is 31.7. The first-order chi connectivity index (χ1) is 25.4. The molecule has 0 spiro atoms. The molecule has 9 heteroatoms. The number of carbonyl (C=O) groups excluding carboxylic acids is 2. The van der Waals surface area contributed by atoms with Gasteiger partial charge in [0.05, 0.1) is 30.2 Å². The zero-order valence-electron chi connectivity index (χ0n) is 30.0.